The summed E-state index contributed by atoms with van der Waals surface area (Å²) in [6, 6.07) is 8.28. The van der Waals surface area contributed by atoms with Crippen LogP contribution in [0.5, 0.6) is 5.75 Å². The highest BCUT2D eigenvalue weighted by atomic mass is 19.1. The van der Waals surface area contributed by atoms with Crippen molar-refractivity contribution in [3.63, 3.8) is 0 Å². The van der Waals surface area contributed by atoms with Gasteiger partial charge < -0.3 is 10.4 Å². The molecule has 0 aliphatic heterocycles. The number of phenols is 1. The number of rotatable bonds is 3. The Kier molecular flexibility index (Phi) is 4.26. The molecule has 0 bridgehead atoms. The smallest absolute Gasteiger partial charge is 0.255 e. The van der Waals surface area contributed by atoms with E-state index in [0.29, 0.717) is 11.1 Å². The van der Waals surface area contributed by atoms with E-state index in [4.69, 9.17) is 0 Å². The zero-order valence-electron chi connectivity index (χ0n) is 12.3. The van der Waals surface area contributed by atoms with Gasteiger partial charge in [-0.25, -0.2) is 4.39 Å². The molecule has 0 aliphatic carbocycles. The first-order chi connectivity index (χ1) is 9.88. The topological polar surface area (TPSA) is 49.3 Å². The van der Waals surface area contributed by atoms with Gasteiger partial charge in [0.2, 0.25) is 0 Å². The van der Waals surface area contributed by atoms with Crippen molar-refractivity contribution in [2.45, 2.75) is 27.3 Å². The largest absolute Gasteiger partial charge is 0.507 e. The van der Waals surface area contributed by atoms with Gasteiger partial charge in [-0.1, -0.05) is 23.8 Å². The Morgan fingerprint density at radius 2 is 1.76 bits per heavy atom. The zero-order chi connectivity index (χ0) is 15.6. The van der Waals surface area contributed by atoms with Gasteiger partial charge in [0.25, 0.3) is 5.91 Å². The molecule has 0 radical (unpaired) electrons. The van der Waals surface area contributed by atoms with Crippen LogP contribution in [0.1, 0.15) is 32.6 Å². The second kappa shape index (κ2) is 5.95. The average Bonchev–Trinajstić information content (AvgIpc) is 2.44. The maximum atomic E-state index is 13.6. The van der Waals surface area contributed by atoms with Gasteiger partial charge in [-0.05, 0) is 49.6 Å². The Hall–Kier alpha value is -2.36. The lowest BCUT2D eigenvalue weighted by Gasteiger charge is -2.10. The van der Waals surface area contributed by atoms with Crippen molar-refractivity contribution in [1.82, 2.24) is 5.32 Å². The summed E-state index contributed by atoms with van der Waals surface area (Å²) in [4.78, 5) is 12.1. The molecule has 0 saturated heterocycles. The molecule has 3 nitrogen and oxygen atoms in total. The van der Waals surface area contributed by atoms with Crippen molar-refractivity contribution in [3.05, 3.63) is 64.0 Å². The van der Waals surface area contributed by atoms with E-state index >= 15 is 0 Å². The van der Waals surface area contributed by atoms with Gasteiger partial charge in [-0.15, -0.1) is 0 Å². The SMILES string of the molecule is Cc1ccc(O)c(C(=O)NCc2cc(C)c(F)c(C)c2)c1. The van der Waals surface area contributed by atoms with Crippen LogP contribution in [-0.4, -0.2) is 11.0 Å². The van der Waals surface area contributed by atoms with Crippen LogP contribution in [0.3, 0.4) is 0 Å². The van der Waals surface area contributed by atoms with Crippen LogP contribution in [-0.2, 0) is 6.54 Å². The Morgan fingerprint density at radius 3 is 2.38 bits per heavy atom. The molecular weight excluding hydrogens is 269 g/mol. The first-order valence-electron chi connectivity index (χ1n) is 6.72. The number of hydrogen-bond acceptors (Lipinski definition) is 2. The second-order valence-electron chi connectivity index (χ2n) is 5.25. The van der Waals surface area contributed by atoms with Crippen LogP contribution < -0.4 is 5.32 Å². The van der Waals surface area contributed by atoms with E-state index in [9.17, 15) is 14.3 Å². The van der Waals surface area contributed by atoms with Gasteiger partial charge in [0, 0.05) is 6.54 Å². The van der Waals surface area contributed by atoms with Gasteiger partial charge >= 0.3 is 0 Å². The molecule has 0 unspecified atom stereocenters. The third-order valence-corrected chi connectivity index (χ3v) is 3.35. The van der Waals surface area contributed by atoms with Crippen molar-refractivity contribution >= 4 is 5.91 Å². The maximum Gasteiger partial charge on any atom is 0.255 e. The fourth-order valence-corrected chi connectivity index (χ4v) is 2.25. The van der Waals surface area contributed by atoms with E-state index in [2.05, 4.69) is 5.32 Å². The third kappa shape index (κ3) is 3.40. The Morgan fingerprint density at radius 1 is 1.14 bits per heavy atom. The standard InChI is InChI=1S/C17H18FNO2/c1-10-4-5-15(20)14(6-10)17(21)19-9-13-7-11(2)16(18)12(3)8-13/h4-8,20H,9H2,1-3H3,(H,19,21). The summed E-state index contributed by atoms with van der Waals surface area (Å²) >= 11 is 0. The predicted octanol–water partition coefficient (Wildman–Crippen LogP) is 3.39. The van der Waals surface area contributed by atoms with Crippen LogP contribution >= 0.6 is 0 Å². The van der Waals surface area contributed by atoms with Gasteiger partial charge in [0.15, 0.2) is 0 Å². The quantitative estimate of drug-likeness (QED) is 0.909. The van der Waals surface area contributed by atoms with Crippen molar-refractivity contribution < 1.29 is 14.3 Å². The first kappa shape index (κ1) is 15.0. The number of carbonyl (C=O) groups excluding carboxylic acids is 1. The van der Waals surface area contributed by atoms with Crippen LogP contribution in [0.4, 0.5) is 4.39 Å². The molecule has 21 heavy (non-hydrogen) atoms. The van der Waals surface area contributed by atoms with E-state index in [1.165, 1.54) is 6.07 Å². The van der Waals surface area contributed by atoms with Gasteiger partial charge in [0.05, 0.1) is 5.56 Å². The summed E-state index contributed by atoms with van der Waals surface area (Å²) < 4.78 is 13.6. The number of hydrogen-bond donors (Lipinski definition) is 2. The number of carbonyl (C=O) groups is 1. The van der Waals surface area contributed by atoms with Gasteiger partial charge in [-0.3, -0.25) is 4.79 Å². The van der Waals surface area contributed by atoms with Crippen LogP contribution in [0.15, 0.2) is 30.3 Å². The fraction of sp³-hybridized carbons (Fsp3) is 0.235. The number of halogens is 1. The Balaban J connectivity index is 2.13. The minimum absolute atomic E-state index is 0.0513. The monoisotopic (exact) mass is 287 g/mol. The van der Waals surface area contributed by atoms with E-state index in [1.807, 2.05) is 6.92 Å². The lowest BCUT2D eigenvalue weighted by molar-refractivity contribution is 0.0948. The summed E-state index contributed by atoms with van der Waals surface area (Å²) in [5.74, 6) is -0.623. The molecule has 2 aromatic rings. The molecular formula is C17H18FNO2. The minimum Gasteiger partial charge on any atom is -0.507 e. The van der Waals surface area contributed by atoms with Crippen molar-refractivity contribution in [3.8, 4) is 5.75 Å². The Bertz CT molecular complexity index is 672. The second-order valence-corrected chi connectivity index (χ2v) is 5.25. The number of amides is 1. The number of aromatic hydroxyl groups is 1. The van der Waals surface area contributed by atoms with Gasteiger partial charge in [0.1, 0.15) is 11.6 Å². The van der Waals surface area contributed by atoms with E-state index in [0.717, 1.165) is 11.1 Å². The average molecular weight is 287 g/mol. The van der Waals surface area contributed by atoms with Crippen molar-refractivity contribution in [2.24, 2.45) is 0 Å². The summed E-state index contributed by atoms with van der Waals surface area (Å²) in [7, 11) is 0. The highest BCUT2D eigenvalue weighted by molar-refractivity contribution is 5.96. The zero-order valence-corrected chi connectivity index (χ0v) is 12.3. The normalized spacial score (nSPS) is 10.5. The molecule has 0 atom stereocenters. The summed E-state index contributed by atoms with van der Waals surface area (Å²) in [5.41, 5.74) is 3.07. The molecule has 0 saturated carbocycles. The number of phenolic OH excluding ortho intramolecular Hbond substituents is 1. The number of aryl methyl sites for hydroxylation is 3. The molecule has 1 amide bonds. The van der Waals surface area contributed by atoms with Crippen LogP contribution in [0.25, 0.3) is 0 Å². The molecule has 2 aromatic carbocycles. The highest BCUT2D eigenvalue weighted by Crippen LogP contribution is 2.19. The Labute approximate surface area is 123 Å². The minimum atomic E-state index is -0.351. The summed E-state index contributed by atoms with van der Waals surface area (Å²) in [6.45, 7) is 5.52. The lowest BCUT2D eigenvalue weighted by atomic mass is 10.1. The molecule has 4 heteroatoms. The lowest BCUT2D eigenvalue weighted by Crippen LogP contribution is -2.23. The summed E-state index contributed by atoms with van der Waals surface area (Å²) in [6.07, 6.45) is 0. The van der Waals surface area contributed by atoms with Crippen LogP contribution in [0, 0.1) is 26.6 Å². The molecule has 110 valence electrons. The number of benzene rings is 2. The summed E-state index contributed by atoms with van der Waals surface area (Å²) in [5, 5.41) is 12.5. The molecule has 0 fully saturated rings. The van der Waals surface area contributed by atoms with Crippen molar-refractivity contribution in [2.75, 3.05) is 0 Å². The van der Waals surface area contributed by atoms with Gasteiger partial charge in [-0.2, -0.15) is 0 Å². The van der Waals surface area contributed by atoms with E-state index in [-0.39, 0.29) is 29.6 Å². The van der Waals surface area contributed by atoms with Crippen molar-refractivity contribution in [1.29, 1.82) is 0 Å². The molecule has 0 spiro atoms. The molecule has 2 N–H and O–H groups in total. The molecule has 2 rings (SSSR count). The number of nitrogens with one attached hydrogen (secondary N) is 1. The maximum absolute atomic E-state index is 13.6. The molecule has 0 heterocycles. The van der Waals surface area contributed by atoms with E-state index < -0.39 is 0 Å². The third-order valence-electron chi connectivity index (χ3n) is 3.35. The predicted molar refractivity (Wildman–Crippen MR) is 79.9 cm³/mol. The first-order valence-corrected chi connectivity index (χ1v) is 6.72. The van der Waals surface area contributed by atoms with Crippen LogP contribution in [0.2, 0.25) is 0 Å². The fourth-order valence-electron chi connectivity index (χ4n) is 2.25. The molecule has 0 aliphatic rings. The highest BCUT2D eigenvalue weighted by Gasteiger charge is 2.11. The van der Waals surface area contributed by atoms with E-state index in [1.54, 1.807) is 38.1 Å². The molecule has 0 aromatic heterocycles.